The molecule has 0 spiro atoms. The van der Waals surface area contributed by atoms with Crippen molar-refractivity contribution >= 4 is 0 Å². The average Bonchev–Trinajstić information content (AvgIpc) is 2.41. The van der Waals surface area contributed by atoms with E-state index in [9.17, 15) is 0 Å². The predicted octanol–water partition coefficient (Wildman–Crippen LogP) is 4.06. The molecule has 0 bridgehead atoms. The SMILES string of the molecule is C=COCCc1ccc(-c2ccccc2)cc1. The van der Waals surface area contributed by atoms with E-state index in [0.717, 1.165) is 6.42 Å². The first-order valence-electron chi connectivity index (χ1n) is 5.77. The van der Waals surface area contributed by atoms with E-state index in [1.807, 2.05) is 6.07 Å². The van der Waals surface area contributed by atoms with Crippen LogP contribution in [0.1, 0.15) is 5.56 Å². The molecule has 1 nitrogen and oxygen atoms in total. The van der Waals surface area contributed by atoms with Crippen LogP contribution in [-0.4, -0.2) is 6.61 Å². The van der Waals surface area contributed by atoms with Crippen molar-refractivity contribution in [1.29, 1.82) is 0 Å². The van der Waals surface area contributed by atoms with Gasteiger partial charge < -0.3 is 4.74 Å². The van der Waals surface area contributed by atoms with E-state index < -0.39 is 0 Å². The van der Waals surface area contributed by atoms with Crippen molar-refractivity contribution in [1.82, 2.24) is 0 Å². The number of rotatable bonds is 5. The molecule has 0 amide bonds. The zero-order valence-electron chi connectivity index (χ0n) is 9.80. The molecule has 0 atom stereocenters. The molecule has 2 rings (SSSR count). The van der Waals surface area contributed by atoms with Crippen LogP contribution in [0.2, 0.25) is 0 Å². The fraction of sp³-hybridized carbons (Fsp3) is 0.125. The van der Waals surface area contributed by atoms with Crippen LogP contribution >= 0.6 is 0 Å². The van der Waals surface area contributed by atoms with Crippen LogP contribution in [0.15, 0.2) is 67.4 Å². The lowest BCUT2D eigenvalue weighted by atomic mass is 10.0. The smallest absolute Gasteiger partial charge is 0.0913 e. The van der Waals surface area contributed by atoms with Crippen LogP contribution in [-0.2, 0) is 11.2 Å². The van der Waals surface area contributed by atoms with Gasteiger partial charge in [0.1, 0.15) is 0 Å². The van der Waals surface area contributed by atoms with Gasteiger partial charge in [0.25, 0.3) is 0 Å². The molecule has 0 saturated heterocycles. The van der Waals surface area contributed by atoms with E-state index in [-0.39, 0.29) is 0 Å². The third-order valence-corrected chi connectivity index (χ3v) is 2.69. The van der Waals surface area contributed by atoms with Crippen LogP contribution in [0.3, 0.4) is 0 Å². The number of hydrogen-bond acceptors (Lipinski definition) is 1. The first-order chi connectivity index (χ1) is 8.40. The summed E-state index contributed by atoms with van der Waals surface area (Å²) in [4.78, 5) is 0. The average molecular weight is 224 g/mol. The molecular weight excluding hydrogens is 208 g/mol. The molecule has 1 heteroatoms. The lowest BCUT2D eigenvalue weighted by Crippen LogP contribution is -1.93. The zero-order chi connectivity index (χ0) is 11.9. The first-order valence-corrected chi connectivity index (χ1v) is 5.77. The van der Waals surface area contributed by atoms with Crippen molar-refractivity contribution in [3.63, 3.8) is 0 Å². The molecule has 17 heavy (non-hydrogen) atoms. The molecule has 0 saturated carbocycles. The summed E-state index contributed by atoms with van der Waals surface area (Å²) in [6, 6.07) is 19.0. The molecule has 0 N–H and O–H groups in total. The Hall–Kier alpha value is -2.02. The minimum absolute atomic E-state index is 0.689. The third kappa shape index (κ3) is 3.22. The summed E-state index contributed by atoms with van der Waals surface area (Å²) in [6.07, 6.45) is 2.40. The van der Waals surface area contributed by atoms with E-state index in [0.29, 0.717) is 6.61 Å². The predicted molar refractivity (Wildman–Crippen MR) is 71.7 cm³/mol. The van der Waals surface area contributed by atoms with Crippen LogP contribution in [0.25, 0.3) is 11.1 Å². The lowest BCUT2D eigenvalue weighted by molar-refractivity contribution is 0.255. The molecule has 2 aromatic carbocycles. The van der Waals surface area contributed by atoms with Crippen molar-refractivity contribution in [3.05, 3.63) is 73.0 Å². The summed E-state index contributed by atoms with van der Waals surface area (Å²) in [5.41, 5.74) is 3.78. The Morgan fingerprint density at radius 2 is 1.53 bits per heavy atom. The van der Waals surface area contributed by atoms with Crippen molar-refractivity contribution in [3.8, 4) is 11.1 Å². The van der Waals surface area contributed by atoms with E-state index in [4.69, 9.17) is 4.74 Å². The van der Waals surface area contributed by atoms with E-state index >= 15 is 0 Å². The highest BCUT2D eigenvalue weighted by atomic mass is 16.5. The Bertz CT molecular complexity index is 457. The Morgan fingerprint density at radius 3 is 2.18 bits per heavy atom. The van der Waals surface area contributed by atoms with Crippen molar-refractivity contribution in [2.24, 2.45) is 0 Å². The quantitative estimate of drug-likeness (QED) is 0.550. The van der Waals surface area contributed by atoms with Gasteiger partial charge in [0.05, 0.1) is 12.9 Å². The van der Waals surface area contributed by atoms with Crippen LogP contribution in [0, 0.1) is 0 Å². The van der Waals surface area contributed by atoms with Gasteiger partial charge in [-0.2, -0.15) is 0 Å². The van der Waals surface area contributed by atoms with E-state index in [1.165, 1.54) is 23.0 Å². The second-order valence-electron chi connectivity index (χ2n) is 3.85. The normalized spacial score (nSPS) is 9.88. The highest BCUT2D eigenvalue weighted by Gasteiger charge is 1.97. The maximum absolute atomic E-state index is 5.12. The summed E-state index contributed by atoms with van der Waals surface area (Å²) in [7, 11) is 0. The molecule has 0 aliphatic rings. The Balaban J connectivity index is 2.05. The van der Waals surface area contributed by atoms with Gasteiger partial charge in [0, 0.05) is 6.42 Å². The molecular formula is C16H16O. The summed E-state index contributed by atoms with van der Waals surface area (Å²) < 4.78 is 5.12. The molecule has 0 aliphatic heterocycles. The van der Waals surface area contributed by atoms with Gasteiger partial charge in [-0.3, -0.25) is 0 Å². The number of ether oxygens (including phenoxy) is 1. The van der Waals surface area contributed by atoms with E-state index in [1.54, 1.807) is 0 Å². The topological polar surface area (TPSA) is 9.23 Å². The summed E-state index contributed by atoms with van der Waals surface area (Å²) in [5.74, 6) is 0. The van der Waals surface area contributed by atoms with Crippen molar-refractivity contribution in [2.75, 3.05) is 6.61 Å². The Kier molecular flexibility index (Phi) is 3.98. The van der Waals surface area contributed by atoms with Gasteiger partial charge in [-0.25, -0.2) is 0 Å². The number of benzene rings is 2. The minimum atomic E-state index is 0.689. The fourth-order valence-electron chi connectivity index (χ4n) is 1.75. The number of hydrogen-bond donors (Lipinski definition) is 0. The van der Waals surface area contributed by atoms with Gasteiger partial charge >= 0.3 is 0 Å². The first kappa shape index (κ1) is 11.5. The summed E-state index contributed by atoms with van der Waals surface area (Å²) in [6.45, 7) is 4.21. The molecule has 0 fully saturated rings. The third-order valence-electron chi connectivity index (χ3n) is 2.69. The van der Waals surface area contributed by atoms with Crippen molar-refractivity contribution < 1.29 is 4.74 Å². The second-order valence-corrected chi connectivity index (χ2v) is 3.85. The van der Waals surface area contributed by atoms with Crippen LogP contribution < -0.4 is 0 Å². The summed E-state index contributed by atoms with van der Waals surface area (Å²) in [5, 5.41) is 0. The highest BCUT2D eigenvalue weighted by Crippen LogP contribution is 2.19. The van der Waals surface area contributed by atoms with E-state index in [2.05, 4.69) is 55.1 Å². The molecule has 0 radical (unpaired) electrons. The maximum Gasteiger partial charge on any atom is 0.0913 e. The molecule has 0 aromatic heterocycles. The van der Waals surface area contributed by atoms with Gasteiger partial charge in [0.15, 0.2) is 0 Å². The Labute approximate surface area is 102 Å². The van der Waals surface area contributed by atoms with Crippen molar-refractivity contribution in [2.45, 2.75) is 6.42 Å². The molecule has 0 heterocycles. The van der Waals surface area contributed by atoms with Gasteiger partial charge in [-0.15, -0.1) is 0 Å². The largest absolute Gasteiger partial charge is 0.501 e. The Morgan fingerprint density at radius 1 is 0.882 bits per heavy atom. The summed E-state index contributed by atoms with van der Waals surface area (Å²) >= 11 is 0. The fourth-order valence-corrected chi connectivity index (χ4v) is 1.75. The molecule has 2 aromatic rings. The molecule has 86 valence electrons. The highest BCUT2D eigenvalue weighted by molar-refractivity contribution is 5.63. The second kappa shape index (κ2) is 5.90. The maximum atomic E-state index is 5.12. The van der Waals surface area contributed by atoms with Gasteiger partial charge in [-0.05, 0) is 16.7 Å². The molecule has 0 unspecified atom stereocenters. The lowest BCUT2D eigenvalue weighted by Gasteiger charge is -2.04. The zero-order valence-corrected chi connectivity index (χ0v) is 9.80. The minimum Gasteiger partial charge on any atom is -0.501 e. The molecule has 0 aliphatic carbocycles. The van der Waals surface area contributed by atoms with Gasteiger partial charge in [-0.1, -0.05) is 61.2 Å². The van der Waals surface area contributed by atoms with Crippen LogP contribution in [0.4, 0.5) is 0 Å². The standard InChI is InChI=1S/C16H16O/c1-2-17-13-12-14-8-10-16(11-9-14)15-6-4-3-5-7-15/h2-11H,1,12-13H2. The monoisotopic (exact) mass is 224 g/mol. The van der Waals surface area contributed by atoms with Gasteiger partial charge in [0.2, 0.25) is 0 Å². The van der Waals surface area contributed by atoms with Crippen LogP contribution in [0.5, 0.6) is 0 Å².